The van der Waals surface area contributed by atoms with Gasteiger partial charge in [0.2, 0.25) is 0 Å². The van der Waals surface area contributed by atoms with Gasteiger partial charge in [0, 0.05) is 18.3 Å². The lowest BCUT2D eigenvalue weighted by Crippen LogP contribution is -2.05. The van der Waals surface area contributed by atoms with Crippen LogP contribution in [-0.2, 0) is 6.42 Å². The highest BCUT2D eigenvalue weighted by Crippen LogP contribution is 2.25. The van der Waals surface area contributed by atoms with E-state index in [1.807, 2.05) is 7.05 Å². The minimum Gasteiger partial charge on any atom is -0.373 e. The van der Waals surface area contributed by atoms with Crippen molar-refractivity contribution in [1.29, 1.82) is 0 Å². The second-order valence-corrected chi connectivity index (χ2v) is 5.45. The highest BCUT2D eigenvalue weighted by molar-refractivity contribution is 5.65. The van der Waals surface area contributed by atoms with Crippen LogP contribution in [0.2, 0.25) is 0 Å². The van der Waals surface area contributed by atoms with E-state index in [0.29, 0.717) is 5.92 Å². The van der Waals surface area contributed by atoms with Crippen LogP contribution >= 0.6 is 0 Å². The van der Waals surface area contributed by atoms with Crippen molar-refractivity contribution in [2.75, 3.05) is 17.7 Å². The van der Waals surface area contributed by atoms with Crippen molar-refractivity contribution in [1.82, 2.24) is 9.97 Å². The van der Waals surface area contributed by atoms with Gasteiger partial charge in [0.25, 0.3) is 0 Å². The molecule has 21 heavy (non-hydrogen) atoms. The summed E-state index contributed by atoms with van der Waals surface area (Å²) < 4.78 is 0. The normalized spacial score (nSPS) is 10.7. The zero-order valence-electron chi connectivity index (χ0n) is 13.3. The predicted octanol–water partition coefficient (Wildman–Crippen LogP) is 4.34. The maximum atomic E-state index is 4.40. The molecule has 1 heterocycles. The van der Waals surface area contributed by atoms with Crippen LogP contribution in [0.25, 0.3) is 0 Å². The Morgan fingerprint density at radius 3 is 2.29 bits per heavy atom. The van der Waals surface area contributed by atoms with Gasteiger partial charge in [-0.05, 0) is 30.0 Å². The number of hydrogen-bond donors (Lipinski definition) is 2. The van der Waals surface area contributed by atoms with Gasteiger partial charge < -0.3 is 10.6 Å². The molecule has 0 spiro atoms. The van der Waals surface area contributed by atoms with Gasteiger partial charge in [-0.25, -0.2) is 9.97 Å². The molecule has 0 saturated carbocycles. The van der Waals surface area contributed by atoms with Crippen LogP contribution in [0.4, 0.5) is 17.3 Å². The van der Waals surface area contributed by atoms with Crippen molar-refractivity contribution in [3.63, 3.8) is 0 Å². The standard InChI is InChI=1S/C17H24N4/c1-5-6-15-16(18-4)19-11-20-17(15)21-14-9-7-13(8-10-14)12(2)3/h7-12H,5-6H2,1-4H3,(H2,18,19,20,21). The number of nitrogens with one attached hydrogen (secondary N) is 2. The number of aromatic nitrogens is 2. The maximum Gasteiger partial charge on any atom is 0.139 e. The predicted molar refractivity (Wildman–Crippen MR) is 89.4 cm³/mol. The third-order valence-corrected chi connectivity index (χ3v) is 3.52. The molecule has 4 heteroatoms. The Kier molecular flexibility index (Phi) is 5.14. The average molecular weight is 284 g/mol. The number of hydrogen-bond acceptors (Lipinski definition) is 4. The monoisotopic (exact) mass is 284 g/mol. The van der Waals surface area contributed by atoms with E-state index in [9.17, 15) is 0 Å². The fourth-order valence-corrected chi connectivity index (χ4v) is 2.31. The van der Waals surface area contributed by atoms with E-state index < -0.39 is 0 Å². The fourth-order valence-electron chi connectivity index (χ4n) is 2.31. The van der Waals surface area contributed by atoms with Crippen LogP contribution in [-0.4, -0.2) is 17.0 Å². The van der Waals surface area contributed by atoms with E-state index >= 15 is 0 Å². The topological polar surface area (TPSA) is 49.8 Å². The van der Waals surface area contributed by atoms with Crippen LogP contribution in [0, 0.1) is 0 Å². The molecule has 2 aromatic rings. The van der Waals surface area contributed by atoms with Gasteiger partial charge in [0.1, 0.15) is 18.0 Å². The van der Waals surface area contributed by atoms with Crippen LogP contribution < -0.4 is 10.6 Å². The first-order chi connectivity index (χ1) is 10.2. The number of rotatable bonds is 6. The van der Waals surface area contributed by atoms with Crippen molar-refractivity contribution in [2.45, 2.75) is 39.5 Å². The number of anilines is 3. The van der Waals surface area contributed by atoms with E-state index in [1.165, 1.54) is 5.56 Å². The van der Waals surface area contributed by atoms with E-state index in [4.69, 9.17) is 0 Å². The summed E-state index contributed by atoms with van der Waals surface area (Å²) in [6.45, 7) is 6.56. The molecular formula is C17H24N4. The molecule has 0 aliphatic carbocycles. The first kappa shape index (κ1) is 15.3. The summed E-state index contributed by atoms with van der Waals surface area (Å²) in [5.74, 6) is 2.33. The molecule has 0 aliphatic rings. The summed E-state index contributed by atoms with van der Waals surface area (Å²) in [5.41, 5.74) is 3.53. The SMILES string of the molecule is CCCc1c(NC)ncnc1Nc1ccc(C(C)C)cc1. The average Bonchev–Trinajstić information content (AvgIpc) is 2.49. The summed E-state index contributed by atoms with van der Waals surface area (Å²) >= 11 is 0. The first-order valence-corrected chi connectivity index (χ1v) is 7.54. The zero-order valence-corrected chi connectivity index (χ0v) is 13.3. The molecule has 0 radical (unpaired) electrons. The van der Waals surface area contributed by atoms with Gasteiger partial charge in [-0.2, -0.15) is 0 Å². The Balaban J connectivity index is 2.26. The Morgan fingerprint density at radius 1 is 1.05 bits per heavy atom. The minimum absolute atomic E-state index is 0.546. The Hall–Kier alpha value is -2.10. The van der Waals surface area contributed by atoms with Gasteiger partial charge >= 0.3 is 0 Å². The molecule has 0 atom stereocenters. The molecule has 112 valence electrons. The van der Waals surface area contributed by atoms with E-state index in [-0.39, 0.29) is 0 Å². The quantitative estimate of drug-likeness (QED) is 0.828. The lowest BCUT2D eigenvalue weighted by atomic mass is 10.0. The van der Waals surface area contributed by atoms with Crippen molar-refractivity contribution in [2.24, 2.45) is 0 Å². The molecular weight excluding hydrogens is 260 g/mol. The molecule has 2 rings (SSSR count). The fraction of sp³-hybridized carbons (Fsp3) is 0.412. The molecule has 0 saturated heterocycles. The smallest absolute Gasteiger partial charge is 0.139 e. The lowest BCUT2D eigenvalue weighted by molar-refractivity contribution is 0.867. The van der Waals surface area contributed by atoms with Crippen LogP contribution in [0.3, 0.4) is 0 Å². The van der Waals surface area contributed by atoms with Crippen LogP contribution in [0.15, 0.2) is 30.6 Å². The van der Waals surface area contributed by atoms with Crippen molar-refractivity contribution < 1.29 is 0 Å². The minimum atomic E-state index is 0.546. The molecule has 4 nitrogen and oxygen atoms in total. The summed E-state index contributed by atoms with van der Waals surface area (Å²) in [7, 11) is 1.89. The van der Waals surface area contributed by atoms with Gasteiger partial charge in [-0.1, -0.05) is 39.3 Å². The lowest BCUT2D eigenvalue weighted by Gasteiger charge is -2.14. The third kappa shape index (κ3) is 3.72. The van der Waals surface area contributed by atoms with Gasteiger partial charge in [-0.15, -0.1) is 0 Å². The Bertz CT molecular complexity index is 576. The zero-order chi connectivity index (χ0) is 15.2. The second-order valence-electron chi connectivity index (χ2n) is 5.45. The van der Waals surface area contributed by atoms with E-state index in [0.717, 1.165) is 35.7 Å². The molecule has 0 aliphatic heterocycles. The summed E-state index contributed by atoms with van der Waals surface area (Å²) in [6.07, 6.45) is 3.60. The summed E-state index contributed by atoms with van der Waals surface area (Å²) in [6, 6.07) is 8.53. The molecule has 0 amide bonds. The highest BCUT2D eigenvalue weighted by atomic mass is 15.1. The van der Waals surface area contributed by atoms with Crippen LogP contribution in [0.1, 0.15) is 44.2 Å². The molecule has 1 aromatic heterocycles. The third-order valence-electron chi connectivity index (χ3n) is 3.52. The first-order valence-electron chi connectivity index (χ1n) is 7.54. The molecule has 2 N–H and O–H groups in total. The number of benzene rings is 1. The van der Waals surface area contributed by atoms with Crippen molar-refractivity contribution >= 4 is 17.3 Å². The van der Waals surface area contributed by atoms with Gasteiger partial charge in [-0.3, -0.25) is 0 Å². The Morgan fingerprint density at radius 2 is 1.71 bits per heavy atom. The van der Waals surface area contributed by atoms with Crippen molar-refractivity contribution in [3.05, 3.63) is 41.7 Å². The maximum absolute atomic E-state index is 4.40. The van der Waals surface area contributed by atoms with E-state index in [1.54, 1.807) is 6.33 Å². The van der Waals surface area contributed by atoms with E-state index in [2.05, 4.69) is 65.6 Å². The van der Waals surface area contributed by atoms with Gasteiger partial charge in [0.15, 0.2) is 0 Å². The summed E-state index contributed by atoms with van der Waals surface area (Å²) in [4.78, 5) is 8.69. The molecule has 0 unspecified atom stereocenters. The molecule has 0 fully saturated rings. The Labute approximate surface area is 127 Å². The van der Waals surface area contributed by atoms with Gasteiger partial charge in [0.05, 0.1) is 0 Å². The largest absolute Gasteiger partial charge is 0.373 e. The van der Waals surface area contributed by atoms with Crippen LogP contribution in [0.5, 0.6) is 0 Å². The number of nitrogens with zero attached hydrogens (tertiary/aromatic N) is 2. The van der Waals surface area contributed by atoms with Crippen molar-refractivity contribution in [3.8, 4) is 0 Å². The highest BCUT2D eigenvalue weighted by Gasteiger charge is 2.10. The summed E-state index contributed by atoms with van der Waals surface area (Å²) in [5, 5.41) is 6.55. The molecule has 1 aromatic carbocycles. The molecule has 0 bridgehead atoms. The second kappa shape index (κ2) is 7.07.